The van der Waals surface area contributed by atoms with Crippen molar-refractivity contribution in [2.75, 3.05) is 4.90 Å². The molecule has 0 N–H and O–H groups in total. The van der Waals surface area contributed by atoms with Gasteiger partial charge in [-0.25, -0.2) is 0 Å². The van der Waals surface area contributed by atoms with Crippen LogP contribution < -0.4 is 4.90 Å². The van der Waals surface area contributed by atoms with Gasteiger partial charge < -0.3 is 9.32 Å². The predicted octanol–water partition coefficient (Wildman–Crippen LogP) is 14.2. The number of benzene rings is 7. The number of fused-ring (bicyclic) bond motifs is 5. The summed E-state index contributed by atoms with van der Waals surface area (Å²) < 4.78 is 6.71. The first-order valence-corrected chi connectivity index (χ1v) is 19.0. The molecule has 258 valence electrons. The number of nitrogens with zero attached hydrogens (tertiary/aromatic N) is 1. The molecule has 1 atom stereocenters. The lowest BCUT2D eigenvalue weighted by Crippen LogP contribution is -2.29. The minimum absolute atomic E-state index is 0.227. The number of allylic oxidation sites excluding steroid dienone is 3. The van der Waals surface area contributed by atoms with Crippen LogP contribution in [0.25, 0.3) is 72.5 Å². The summed E-state index contributed by atoms with van der Waals surface area (Å²) >= 11 is 0. The van der Waals surface area contributed by atoms with E-state index < -0.39 is 0 Å². The normalized spacial score (nSPS) is 14.8. The molecule has 2 heteroatoms. The molecule has 1 aromatic heterocycles. The number of anilines is 2. The lowest BCUT2D eigenvalue weighted by molar-refractivity contribution is 0.662. The molecule has 0 aliphatic heterocycles. The highest BCUT2D eigenvalue weighted by Crippen LogP contribution is 2.42. The summed E-state index contributed by atoms with van der Waals surface area (Å²) in [5.74, 6) is 0. The third-order valence-electron chi connectivity index (χ3n) is 11.1. The van der Waals surface area contributed by atoms with Crippen molar-refractivity contribution in [2.45, 2.75) is 25.3 Å². The summed E-state index contributed by atoms with van der Waals surface area (Å²) in [5.41, 5.74) is 16.6. The van der Waals surface area contributed by atoms with Gasteiger partial charge in [-0.05, 0) is 112 Å². The van der Waals surface area contributed by atoms with E-state index >= 15 is 0 Å². The summed E-state index contributed by atoms with van der Waals surface area (Å²) in [4.78, 5) is 2.45. The van der Waals surface area contributed by atoms with Gasteiger partial charge in [-0.15, -0.1) is 0 Å². The molecule has 0 saturated heterocycles. The monoisotopic (exact) mass is 693 g/mol. The number of hydrogen-bond donors (Lipinski definition) is 0. The molecule has 0 bridgehead atoms. The van der Waals surface area contributed by atoms with Gasteiger partial charge in [0.15, 0.2) is 0 Å². The molecule has 0 spiro atoms. The van der Waals surface area contributed by atoms with Crippen LogP contribution in [0.3, 0.4) is 0 Å². The average molecular weight is 694 g/mol. The summed E-state index contributed by atoms with van der Waals surface area (Å²) in [5, 5.41) is 2.36. The van der Waals surface area contributed by atoms with Crippen molar-refractivity contribution >= 4 is 39.4 Å². The van der Waals surface area contributed by atoms with Crippen LogP contribution in [-0.4, -0.2) is 6.04 Å². The molecule has 0 saturated carbocycles. The number of hydrogen-bond acceptors (Lipinski definition) is 2. The summed E-state index contributed by atoms with van der Waals surface area (Å²) in [6.07, 6.45) is 16.4. The van der Waals surface area contributed by atoms with E-state index in [0.29, 0.717) is 0 Å². The zero-order valence-corrected chi connectivity index (χ0v) is 30.0. The van der Waals surface area contributed by atoms with Crippen LogP contribution in [0.2, 0.25) is 0 Å². The first kappa shape index (κ1) is 32.0. The van der Waals surface area contributed by atoms with Crippen molar-refractivity contribution in [3.8, 4) is 44.5 Å². The molecule has 1 unspecified atom stereocenters. The first-order chi connectivity index (χ1) is 26.8. The molecule has 2 aliphatic rings. The fourth-order valence-corrected chi connectivity index (χ4v) is 8.30. The number of furan rings is 1. The van der Waals surface area contributed by atoms with Gasteiger partial charge in [0.1, 0.15) is 11.2 Å². The van der Waals surface area contributed by atoms with Crippen molar-refractivity contribution in [1.29, 1.82) is 0 Å². The molecular weight excluding hydrogens is 655 g/mol. The van der Waals surface area contributed by atoms with Crippen molar-refractivity contribution < 1.29 is 4.42 Å². The van der Waals surface area contributed by atoms with Crippen LogP contribution in [0.5, 0.6) is 0 Å². The van der Waals surface area contributed by atoms with Crippen molar-refractivity contribution in [3.63, 3.8) is 0 Å². The molecule has 1 heterocycles. The summed E-state index contributed by atoms with van der Waals surface area (Å²) in [7, 11) is 0. The fraction of sp³-hybridized carbons (Fsp3) is 0.0769. The standard InChI is InChI=1S/C52H39NO/c1-4-12-36(13-5-1)37-20-22-38(23-21-37)39-24-29-44(30-25-39)53(43-16-8-3-9-17-43)45-31-26-40(27-32-45)42-28-33-47-50-35-49(41-14-6-2-7-15-41)46-18-10-11-19-48(46)52(50)54-51(47)34-42/h1-10,12-16,18,20-35,43H,11,17,19H2. The van der Waals surface area contributed by atoms with Crippen LogP contribution in [-0.2, 0) is 6.42 Å². The van der Waals surface area contributed by atoms with Crippen molar-refractivity contribution in [3.05, 3.63) is 199 Å². The highest BCUT2D eigenvalue weighted by Gasteiger charge is 2.22. The highest BCUT2D eigenvalue weighted by atomic mass is 16.3. The van der Waals surface area contributed by atoms with E-state index in [9.17, 15) is 0 Å². The largest absolute Gasteiger partial charge is 0.456 e. The quantitative estimate of drug-likeness (QED) is 0.165. The maximum atomic E-state index is 6.71. The van der Waals surface area contributed by atoms with Gasteiger partial charge in [0.2, 0.25) is 0 Å². The molecule has 2 nitrogen and oxygen atoms in total. The molecule has 0 amide bonds. The highest BCUT2D eigenvalue weighted by molar-refractivity contribution is 6.10. The van der Waals surface area contributed by atoms with Crippen LogP contribution in [0, 0.1) is 0 Å². The van der Waals surface area contributed by atoms with Gasteiger partial charge in [0.25, 0.3) is 0 Å². The summed E-state index contributed by atoms with van der Waals surface area (Å²) in [6, 6.07) is 57.4. The Hall–Kier alpha value is -6.64. The minimum Gasteiger partial charge on any atom is -0.456 e. The molecular formula is C52H39NO. The van der Waals surface area contributed by atoms with Gasteiger partial charge in [0, 0.05) is 27.7 Å². The van der Waals surface area contributed by atoms with Crippen LogP contribution in [0.15, 0.2) is 193 Å². The fourth-order valence-electron chi connectivity index (χ4n) is 8.30. The molecule has 0 radical (unpaired) electrons. The molecule has 54 heavy (non-hydrogen) atoms. The van der Waals surface area contributed by atoms with E-state index in [4.69, 9.17) is 4.42 Å². The second kappa shape index (κ2) is 13.7. The summed E-state index contributed by atoms with van der Waals surface area (Å²) in [6.45, 7) is 0. The number of rotatable bonds is 7. The SMILES string of the molecule is C1=CCC(N(c2ccc(-c3ccc(-c4ccccc4)cc3)cc2)c2ccc(-c3ccc4c(c3)oc3c5c(c(-c6ccccc6)cc34)C=CCC5)cc2)C=C1. The molecule has 0 fully saturated rings. The molecule has 10 rings (SSSR count). The third kappa shape index (κ3) is 5.87. The Labute approximate surface area is 316 Å². The Kier molecular flexibility index (Phi) is 8.15. The van der Waals surface area contributed by atoms with Crippen LogP contribution in [0.1, 0.15) is 24.0 Å². The molecule has 2 aliphatic carbocycles. The van der Waals surface area contributed by atoms with Crippen molar-refractivity contribution in [1.82, 2.24) is 0 Å². The van der Waals surface area contributed by atoms with Crippen molar-refractivity contribution in [2.24, 2.45) is 0 Å². The minimum atomic E-state index is 0.227. The second-order valence-electron chi connectivity index (χ2n) is 14.3. The third-order valence-corrected chi connectivity index (χ3v) is 11.1. The van der Waals surface area contributed by atoms with Gasteiger partial charge in [-0.3, -0.25) is 0 Å². The van der Waals surface area contributed by atoms with E-state index in [1.54, 1.807) is 0 Å². The average Bonchev–Trinajstić information content (AvgIpc) is 3.63. The maximum absolute atomic E-state index is 6.71. The Bertz CT molecular complexity index is 2700. The van der Waals surface area contributed by atoms with E-state index in [2.05, 4.69) is 199 Å². The van der Waals surface area contributed by atoms with E-state index in [1.807, 2.05) is 0 Å². The maximum Gasteiger partial charge on any atom is 0.139 e. The first-order valence-electron chi connectivity index (χ1n) is 19.0. The molecule has 8 aromatic rings. The van der Waals surface area contributed by atoms with E-state index in [0.717, 1.165) is 36.0 Å². The van der Waals surface area contributed by atoms with E-state index in [-0.39, 0.29) is 6.04 Å². The smallest absolute Gasteiger partial charge is 0.139 e. The Morgan fingerprint density at radius 1 is 0.500 bits per heavy atom. The Balaban J connectivity index is 0.961. The van der Waals surface area contributed by atoms with Gasteiger partial charge in [0.05, 0.1) is 6.04 Å². The van der Waals surface area contributed by atoms with Crippen LogP contribution >= 0.6 is 0 Å². The van der Waals surface area contributed by atoms with E-state index in [1.165, 1.54) is 72.2 Å². The zero-order chi connectivity index (χ0) is 35.8. The second-order valence-corrected chi connectivity index (χ2v) is 14.3. The number of aryl methyl sites for hydroxylation is 1. The van der Waals surface area contributed by atoms with Gasteiger partial charge >= 0.3 is 0 Å². The van der Waals surface area contributed by atoms with Gasteiger partial charge in [-0.1, -0.05) is 152 Å². The Morgan fingerprint density at radius 2 is 1.07 bits per heavy atom. The lowest BCUT2D eigenvalue weighted by atomic mass is 9.88. The predicted molar refractivity (Wildman–Crippen MR) is 228 cm³/mol. The zero-order valence-electron chi connectivity index (χ0n) is 30.0. The van der Waals surface area contributed by atoms with Crippen LogP contribution in [0.4, 0.5) is 11.4 Å². The Morgan fingerprint density at radius 3 is 1.70 bits per heavy atom. The van der Waals surface area contributed by atoms with Gasteiger partial charge in [-0.2, -0.15) is 0 Å². The lowest BCUT2D eigenvalue weighted by Gasteiger charge is -2.33. The molecule has 7 aromatic carbocycles. The topological polar surface area (TPSA) is 16.4 Å².